The topological polar surface area (TPSA) is 109 Å². The molecule has 0 radical (unpaired) electrons. The number of H-pyrrole nitrogens is 1. The van der Waals surface area contributed by atoms with Gasteiger partial charge in [0.15, 0.2) is 0 Å². The van der Waals surface area contributed by atoms with Crippen LogP contribution in [0.4, 0.5) is 0 Å². The molecule has 3 aromatic rings. The Hall–Kier alpha value is -3.23. The second kappa shape index (κ2) is 8.20. The number of nitrogens with one attached hydrogen (secondary N) is 2. The Morgan fingerprint density at radius 1 is 1.29 bits per heavy atom. The number of aryl methyl sites for hydroxylation is 1. The summed E-state index contributed by atoms with van der Waals surface area (Å²) in [6.45, 7) is 2.47. The van der Waals surface area contributed by atoms with Gasteiger partial charge in [0.2, 0.25) is 5.91 Å². The summed E-state index contributed by atoms with van der Waals surface area (Å²) in [6.07, 6.45) is 3.83. The number of aromatic nitrogens is 5. The number of hydrogen-bond donors (Lipinski definition) is 2. The molecule has 9 heteroatoms. The van der Waals surface area contributed by atoms with Crippen molar-refractivity contribution < 1.29 is 9.59 Å². The molecule has 0 aliphatic carbocycles. The maximum Gasteiger partial charge on any atom is 0.267 e. The fourth-order valence-electron chi connectivity index (χ4n) is 3.64. The van der Waals surface area contributed by atoms with Gasteiger partial charge in [-0.15, -0.1) is 5.10 Å². The minimum Gasteiger partial charge on any atom is -0.351 e. The lowest BCUT2D eigenvalue weighted by Crippen LogP contribution is -2.44. The van der Waals surface area contributed by atoms with Crippen molar-refractivity contribution >= 4 is 22.7 Å². The fraction of sp³-hybridized carbons (Fsp3) is 0.421. The van der Waals surface area contributed by atoms with Crippen LogP contribution in [0.25, 0.3) is 10.9 Å². The zero-order chi connectivity index (χ0) is 19.3. The Morgan fingerprint density at radius 2 is 2.18 bits per heavy atom. The van der Waals surface area contributed by atoms with Gasteiger partial charge in [0.05, 0.1) is 6.54 Å². The summed E-state index contributed by atoms with van der Waals surface area (Å²) < 4.78 is 1.56. The van der Waals surface area contributed by atoms with Crippen molar-refractivity contribution in [3.8, 4) is 0 Å². The van der Waals surface area contributed by atoms with Crippen molar-refractivity contribution in [1.82, 2.24) is 35.4 Å². The van der Waals surface area contributed by atoms with Crippen LogP contribution < -0.4 is 5.32 Å². The molecule has 1 aromatic carbocycles. The summed E-state index contributed by atoms with van der Waals surface area (Å²) in [6, 6.07) is 9.67. The lowest BCUT2D eigenvalue weighted by atomic mass is 9.97. The predicted octanol–water partition coefficient (Wildman–Crippen LogP) is 1.21. The minimum atomic E-state index is -0.113. The van der Waals surface area contributed by atoms with Crippen LogP contribution in [0, 0.1) is 5.92 Å². The molecule has 3 heterocycles. The first-order chi connectivity index (χ1) is 13.7. The molecule has 1 aliphatic rings. The monoisotopic (exact) mass is 381 g/mol. The summed E-state index contributed by atoms with van der Waals surface area (Å²) in [7, 11) is 0. The van der Waals surface area contributed by atoms with E-state index in [1.807, 2.05) is 35.2 Å². The molecule has 1 unspecified atom stereocenters. The molecule has 28 heavy (non-hydrogen) atoms. The van der Waals surface area contributed by atoms with E-state index in [1.165, 1.54) is 6.33 Å². The Bertz CT molecular complexity index is 917. The van der Waals surface area contributed by atoms with Crippen molar-refractivity contribution in [1.29, 1.82) is 0 Å². The number of fused-ring (bicyclic) bond motifs is 1. The van der Waals surface area contributed by atoms with Gasteiger partial charge in [-0.2, -0.15) is 0 Å². The number of aromatic amines is 1. The average Bonchev–Trinajstić information content (AvgIpc) is 3.40. The number of likely N-dealkylation sites (tertiary alicyclic amines) is 1. The minimum absolute atomic E-state index is 0.0992. The van der Waals surface area contributed by atoms with Crippen LogP contribution in [0.2, 0.25) is 0 Å². The van der Waals surface area contributed by atoms with E-state index in [4.69, 9.17) is 0 Å². The number of tetrazole rings is 1. The first-order valence-corrected chi connectivity index (χ1v) is 9.53. The van der Waals surface area contributed by atoms with Crippen LogP contribution in [-0.2, 0) is 11.3 Å². The van der Waals surface area contributed by atoms with Crippen molar-refractivity contribution in [2.75, 3.05) is 19.6 Å². The zero-order valence-corrected chi connectivity index (χ0v) is 15.5. The molecule has 4 rings (SSSR count). The van der Waals surface area contributed by atoms with Gasteiger partial charge in [-0.1, -0.05) is 18.2 Å². The predicted molar refractivity (Wildman–Crippen MR) is 102 cm³/mol. The lowest BCUT2D eigenvalue weighted by molar-refractivity contribution is -0.133. The second-order valence-electron chi connectivity index (χ2n) is 7.15. The Morgan fingerprint density at radius 3 is 3.00 bits per heavy atom. The molecule has 1 fully saturated rings. The first-order valence-electron chi connectivity index (χ1n) is 9.53. The number of rotatable bonds is 6. The van der Waals surface area contributed by atoms with E-state index in [9.17, 15) is 9.59 Å². The number of carbonyl (C=O) groups is 2. The number of nitrogens with zero attached hydrogens (tertiary/aromatic N) is 5. The number of piperidine rings is 1. The van der Waals surface area contributed by atoms with Gasteiger partial charge in [0.25, 0.3) is 5.91 Å². The number of benzene rings is 1. The summed E-state index contributed by atoms with van der Waals surface area (Å²) in [4.78, 5) is 29.9. The highest BCUT2D eigenvalue weighted by Gasteiger charge is 2.24. The molecule has 1 saturated heterocycles. The highest BCUT2D eigenvalue weighted by molar-refractivity contribution is 5.97. The lowest BCUT2D eigenvalue weighted by Gasteiger charge is -2.33. The van der Waals surface area contributed by atoms with Crippen LogP contribution in [0.3, 0.4) is 0 Å². The zero-order valence-electron chi connectivity index (χ0n) is 15.5. The first kappa shape index (κ1) is 18.1. The summed E-state index contributed by atoms with van der Waals surface area (Å²) in [5, 5.41) is 14.9. The molecule has 0 saturated carbocycles. The van der Waals surface area contributed by atoms with E-state index in [1.54, 1.807) is 4.68 Å². The van der Waals surface area contributed by atoms with Gasteiger partial charge in [0, 0.05) is 37.0 Å². The van der Waals surface area contributed by atoms with E-state index in [0.717, 1.165) is 30.3 Å². The number of carbonyl (C=O) groups excluding carboxylic acids is 2. The van der Waals surface area contributed by atoms with Gasteiger partial charge in [-0.05, 0) is 41.3 Å². The fourth-order valence-corrected chi connectivity index (χ4v) is 3.64. The van der Waals surface area contributed by atoms with E-state index in [0.29, 0.717) is 31.7 Å². The van der Waals surface area contributed by atoms with Gasteiger partial charge in [-0.3, -0.25) is 9.59 Å². The summed E-state index contributed by atoms with van der Waals surface area (Å²) >= 11 is 0. The number of amides is 2. The highest BCUT2D eigenvalue weighted by Crippen LogP contribution is 2.18. The molecule has 0 bridgehead atoms. The molecular formula is C19H23N7O2. The average molecular weight is 381 g/mol. The van der Waals surface area contributed by atoms with Crippen LogP contribution in [-0.4, -0.2) is 61.5 Å². The molecule has 1 atom stereocenters. The maximum absolute atomic E-state index is 12.5. The molecule has 1 aliphatic heterocycles. The van der Waals surface area contributed by atoms with E-state index in [2.05, 4.69) is 25.8 Å². The molecule has 146 valence electrons. The van der Waals surface area contributed by atoms with Crippen LogP contribution >= 0.6 is 0 Å². The van der Waals surface area contributed by atoms with Gasteiger partial charge in [0.1, 0.15) is 12.0 Å². The number of hydrogen-bond acceptors (Lipinski definition) is 5. The van der Waals surface area contributed by atoms with Gasteiger partial charge >= 0.3 is 0 Å². The summed E-state index contributed by atoms with van der Waals surface area (Å²) in [5.74, 6) is 0.250. The van der Waals surface area contributed by atoms with Gasteiger partial charge in [-0.25, -0.2) is 4.68 Å². The normalized spacial score (nSPS) is 17.0. The van der Waals surface area contributed by atoms with Crippen LogP contribution in [0.15, 0.2) is 36.7 Å². The Balaban J connectivity index is 1.27. The highest BCUT2D eigenvalue weighted by atomic mass is 16.2. The molecule has 0 spiro atoms. The third-order valence-electron chi connectivity index (χ3n) is 5.14. The largest absolute Gasteiger partial charge is 0.351 e. The maximum atomic E-state index is 12.5. The van der Waals surface area contributed by atoms with Gasteiger partial charge < -0.3 is 15.2 Å². The molecule has 2 aromatic heterocycles. The third kappa shape index (κ3) is 4.19. The van der Waals surface area contributed by atoms with Crippen LogP contribution in [0.1, 0.15) is 29.8 Å². The van der Waals surface area contributed by atoms with E-state index in [-0.39, 0.29) is 17.7 Å². The quantitative estimate of drug-likeness (QED) is 0.667. The van der Waals surface area contributed by atoms with E-state index < -0.39 is 0 Å². The molecule has 2 amide bonds. The third-order valence-corrected chi connectivity index (χ3v) is 5.14. The smallest absolute Gasteiger partial charge is 0.267 e. The van der Waals surface area contributed by atoms with Crippen molar-refractivity contribution in [3.05, 3.63) is 42.4 Å². The molecular weight excluding hydrogens is 358 g/mol. The standard InChI is InChI=1S/C19H23N7O2/c27-18(7-9-26-13-21-23-24-26)25-8-3-4-14(12-25)11-20-19(28)17-10-15-5-1-2-6-16(15)22-17/h1-2,5-6,10,13-14,22H,3-4,7-9,11-12H2,(H,20,28). The van der Waals surface area contributed by atoms with Crippen molar-refractivity contribution in [2.45, 2.75) is 25.8 Å². The Kier molecular flexibility index (Phi) is 5.31. The van der Waals surface area contributed by atoms with Crippen molar-refractivity contribution in [2.24, 2.45) is 5.92 Å². The van der Waals surface area contributed by atoms with E-state index >= 15 is 0 Å². The van der Waals surface area contributed by atoms with Crippen molar-refractivity contribution in [3.63, 3.8) is 0 Å². The SMILES string of the molecule is O=C(NCC1CCCN(C(=O)CCn2cnnn2)C1)c1cc2ccccc2[nH]1. The number of para-hydroxylation sites is 1. The summed E-state index contributed by atoms with van der Waals surface area (Å²) in [5.41, 5.74) is 1.51. The Labute approximate surface area is 162 Å². The molecule has 9 nitrogen and oxygen atoms in total. The second-order valence-corrected chi connectivity index (χ2v) is 7.15. The molecule has 2 N–H and O–H groups in total. The van der Waals surface area contributed by atoms with Crippen LogP contribution in [0.5, 0.6) is 0 Å².